The first-order chi connectivity index (χ1) is 13.5. The van der Waals surface area contributed by atoms with E-state index in [-0.39, 0.29) is 18.0 Å². The number of fused-ring (bicyclic) bond motifs is 2. The van der Waals surface area contributed by atoms with Gasteiger partial charge in [-0.1, -0.05) is 22.0 Å². The van der Waals surface area contributed by atoms with Gasteiger partial charge in [-0.3, -0.25) is 13.9 Å². The number of halogens is 1. The van der Waals surface area contributed by atoms with E-state index in [1.165, 1.54) is 9.13 Å². The standard InChI is InChI=1S/C19H19BrN4O4/c1-4-23-17-16(18(25)24(5-2)19(23)26)22(3)15(21-17)7-6-11-8-13-14(9-12(11)20)28-10-27-13/h6-9H,4-5,10H2,1-3H3. The number of ether oxygens (including phenoxy) is 2. The number of rotatable bonds is 4. The van der Waals surface area contributed by atoms with Gasteiger partial charge in [0.1, 0.15) is 5.82 Å². The Bertz CT molecular complexity index is 1240. The number of hydrogen-bond acceptors (Lipinski definition) is 5. The van der Waals surface area contributed by atoms with Crippen LogP contribution in [0.3, 0.4) is 0 Å². The van der Waals surface area contributed by atoms with E-state index < -0.39 is 0 Å². The largest absolute Gasteiger partial charge is 0.454 e. The molecule has 146 valence electrons. The molecular weight excluding hydrogens is 428 g/mol. The number of aryl methyl sites for hydroxylation is 2. The fourth-order valence-electron chi connectivity index (χ4n) is 3.32. The fraction of sp³-hybridized carbons (Fsp3) is 0.316. The summed E-state index contributed by atoms with van der Waals surface area (Å²) in [7, 11) is 1.77. The summed E-state index contributed by atoms with van der Waals surface area (Å²) >= 11 is 3.53. The van der Waals surface area contributed by atoms with Gasteiger partial charge in [0, 0.05) is 24.6 Å². The molecule has 0 unspecified atom stereocenters. The Morgan fingerprint density at radius 3 is 2.46 bits per heavy atom. The SMILES string of the molecule is CCn1c(=O)c2c(nc(C=Cc3cc4c(cc3Br)OCO4)n2C)n(CC)c1=O. The molecule has 9 heteroatoms. The number of benzene rings is 1. The Labute approximate surface area is 168 Å². The van der Waals surface area contributed by atoms with E-state index in [0.717, 1.165) is 10.0 Å². The molecular formula is C19H19BrN4O4. The first-order valence-electron chi connectivity index (χ1n) is 8.93. The maximum atomic E-state index is 12.8. The van der Waals surface area contributed by atoms with Crippen LogP contribution in [-0.4, -0.2) is 25.5 Å². The van der Waals surface area contributed by atoms with Gasteiger partial charge < -0.3 is 14.0 Å². The Hall–Kier alpha value is -2.81. The summed E-state index contributed by atoms with van der Waals surface area (Å²) in [5, 5.41) is 0. The summed E-state index contributed by atoms with van der Waals surface area (Å²) in [6.45, 7) is 4.59. The predicted octanol–water partition coefficient (Wildman–Crippen LogP) is 2.60. The topological polar surface area (TPSA) is 80.3 Å². The number of nitrogens with zero attached hydrogens (tertiary/aromatic N) is 4. The Morgan fingerprint density at radius 1 is 1.11 bits per heavy atom. The zero-order valence-corrected chi connectivity index (χ0v) is 17.3. The molecule has 0 atom stereocenters. The van der Waals surface area contributed by atoms with Crippen molar-refractivity contribution in [3.63, 3.8) is 0 Å². The maximum absolute atomic E-state index is 12.8. The van der Waals surface area contributed by atoms with Crippen LogP contribution < -0.4 is 20.7 Å². The summed E-state index contributed by atoms with van der Waals surface area (Å²) in [4.78, 5) is 29.9. The second-order valence-electron chi connectivity index (χ2n) is 6.34. The maximum Gasteiger partial charge on any atom is 0.332 e. The van der Waals surface area contributed by atoms with Crippen LogP contribution in [0.1, 0.15) is 25.2 Å². The summed E-state index contributed by atoms with van der Waals surface area (Å²) in [5.74, 6) is 1.95. The third-order valence-corrected chi connectivity index (χ3v) is 5.50. The lowest BCUT2D eigenvalue weighted by atomic mass is 10.2. The number of hydrogen-bond donors (Lipinski definition) is 0. The van der Waals surface area contributed by atoms with Crippen LogP contribution in [0.2, 0.25) is 0 Å². The minimum Gasteiger partial charge on any atom is -0.454 e. The molecule has 0 aliphatic carbocycles. The van der Waals surface area contributed by atoms with E-state index in [1.54, 1.807) is 18.5 Å². The van der Waals surface area contributed by atoms with Crippen molar-refractivity contribution < 1.29 is 9.47 Å². The second-order valence-corrected chi connectivity index (χ2v) is 7.19. The van der Waals surface area contributed by atoms with Crippen molar-refractivity contribution >= 4 is 39.2 Å². The van der Waals surface area contributed by atoms with Crippen molar-refractivity contribution in [2.24, 2.45) is 7.05 Å². The van der Waals surface area contributed by atoms with Gasteiger partial charge in [-0.2, -0.15) is 0 Å². The Morgan fingerprint density at radius 2 is 1.79 bits per heavy atom. The first-order valence-corrected chi connectivity index (χ1v) is 9.72. The van der Waals surface area contributed by atoms with Crippen LogP contribution in [-0.2, 0) is 20.1 Å². The van der Waals surface area contributed by atoms with Crippen LogP contribution in [0.15, 0.2) is 26.2 Å². The first kappa shape index (κ1) is 18.5. The van der Waals surface area contributed by atoms with E-state index >= 15 is 0 Å². The van der Waals surface area contributed by atoms with Gasteiger partial charge in [0.05, 0.1) is 0 Å². The minimum atomic E-state index is -0.338. The van der Waals surface area contributed by atoms with Crippen molar-refractivity contribution in [2.75, 3.05) is 6.79 Å². The molecule has 28 heavy (non-hydrogen) atoms. The molecule has 0 fully saturated rings. The van der Waals surface area contributed by atoms with Crippen molar-refractivity contribution in [1.82, 2.24) is 18.7 Å². The molecule has 3 heterocycles. The van der Waals surface area contributed by atoms with Gasteiger partial charge in [0.2, 0.25) is 6.79 Å². The minimum absolute atomic E-state index is 0.206. The quantitative estimate of drug-likeness (QED) is 0.615. The van der Waals surface area contributed by atoms with Crippen LogP contribution >= 0.6 is 15.9 Å². The van der Waals surface area contributed by atoms with Gasteiger partial charge in [-0.05, 0) is 37.6 Å². The molecule has 0 spiro atoms. The highest BCUT2D eigenvalue weighted by Gasteiger charge is 2.18. The lowest BCUT2D eigenvalue weighted by molar-refractivity contribution is 0.174. The van der Waals surface area contributed by atoms with Gasteiger partial charge in [-0.25, -0.2) is 9.78 Å². The number of imidazole rings is 1. The molecule has 0 N–H and O–H groups in total. The highest BCUT2D eigenvalue weighted by atomic mass is 79.9. The highest BCUT2D eigenvalue weighted by Crippen LogP contribution is 2.37. The number of aromatic nitrogens is 4. The van der Waals surface area contributed by atoms with Gasteiger partial charge in [-0.15, -0.1) is 0 Å². The monoisotopic (exact) mass is 446 g/mol. The summed E-state index contributed by atoms with van der Waals surface area (Å²) in [5.41, 5.74) is 1.03. The summed E-state index contributed by atoms with van der Waals surface area (Å²) < 4.78 is 16.1. The smallest absolute Gasteiger partial charge is 0.332 e. The van der Waals surface area contributed by atoms with Crippen LogP contribution in [0.25, 0.3) is 23.3 Å². The second kappa shape index (κ2) is 6.97. The average molecular weight is 447 g/mol. The van der Waals surface area contributed by atoms with Crippen LogP contribution in [0.4, 0.5) is 0 Å². The Balaban J connectivity index is 1.86. The molecule has 2 aromatic heterocycles. The molecule has 0 bridgehead atoms. The molecule has 0 saturated carbocycles. The van der Waals surface area contributed by atoms with Gasteiger partial charge >= 0.3 is 5.69 Å². The van der Waals surface area contributed by atoms with E-state index in [4.69, 9.17) is 9.47 Å². The molecule has 1 aromatic carbocycles. The zero-order valence-electron chi connectivity index (χ0n) is 15.7. The predicted molar refractivity (Wildman–Crippen MR) is 110 cm³/mol. The fourth-order valence-corrected chi connectivity index (χ4v) is 3.77. The highest BCUT2D eigenvalue weighted by molar-refractivity contribution is 9.10. The average Bonchev–Trinajstić information content (AvgIpc) is 3.24. The molecule has 1 aliphatic rings. The van der Waals surface area contributed by atoms with Crippen molar-refractivity contribution in [2.45, 2.75) is 26.9 Å². The molecule has 8 nitrogen and oxygen atoms in total. The summed E-state index contributed by atoms with van der Waals surface area (Å²) in [6.07, 6.45) is 3.68. The zero-order chi connectivity index (χ0) is 20.0. The van der Waals surface area contributed by atoms with E-state index in [0.29, 0.717) is 41.6 Å². The normalized spacial score (nSPS) is 13.1. The molecule has 4 rings (SSSR count). The lowest BCUT2D eigenvalue weighted by Gasteiger charge is -2.08. The Kier molecular flexibility index (Phi) is 4.62. The van der Waals surface area contributed by atoms with Crippen LogP contribution in [0.5, 0.6) is 11.5 Å². The van der Waals surface area contributed by atoms with Crippen LogP contribution in [0, 0.1) is 0 Å². The van der Waals surface area contributed by atoms with Crippen molar-refractivity contribution in [3.05, 3.63) is 48.8 Å². The molecule has 3 aromatic rings. The summed E-state index contributed by atoms with van der Waals surface area (Å²) in [6, 6.07) is 3.73. The molecule has 0 radical (unpaired) electrons. The molecule has 0 amide bonds. The van der Waals surface area contributed by atoms with Gasteiger partial charge in [0.15, 0.2) is 22.7 Å². The third kappa shape index (κ3) is 2.77. The van der Waals surface area contributed by atoms with Crippen molar-refractivity contribution in [3.8, 4) is 11.5 Å². The van der Waals surface area contributed by atoms with Gasteiger partial charge in [0.25, 0.3) is 5.56 Å². The van der Waals surface area contributed by atoms with Crippen molar-refractivity contribution in [1.29, 1.82) is 0 Å². The third-order valence-electron chi connectivity index (χ3n) is 4.81. The molecule has 1 aliphatic heterocycles. The van der Waals surface area contributed by atoms with E-state index in [9.17, 15) is 9.59 Å². The van der Waals surface area contributed by atoms with E-state index in [1.807, 2.05) is 31.2 Å². The van der Waals surface area contributed by atoms with E-state index in [2.05, 4.69) is 20.9 Å². The lowest BCUT2D eigenvalue weighted by Crippen LogP contribution is -2.39. The molecule has 0 saturated heterocycles.